The minimum Gasteiger partial charge on any atom is -0.368 e. The molecule has 2 aromatic rings. The zero-order valence-corrected chi connectivity index (χ0v) is 15.9. The first-order valence-corrected chi connectivity index (χ1v) is 9.44. The van der Waals surface area contributed by atoms with E-state index in [1.165, 1.54) is 6.42 Å². The number of nitrogens with two attached hydrogens (primary N) is 1. The second kappa shape index (κ2) is 8.24. The van der Waals surface area contributed by atoms with Crippen LogP contribution in [0.25, 0.3) is 0 Å². The summed E-state index contributed by atoms with van der Waals surface area (Å²) in [4.78, 5) is 26.5. The summed E-state index contributed by atoms with van der Waals surface area (Å²) in [5, 5.41) is 7.12. The maximum absolute atomic E-state index is 12.2. The minimum atomic E-state index is -0.481. The average Bonchev–Trinajstić information content (AvgIpc) is 3.06. The molecule has 1 unspecified atom stereocenters. The standard InChI is InChI=1S/C20H27N5O2/c1-14-8-11-24(23-14)12-9-19(26)22-16-6-7-18(17(13-16)20(21)27)25-10-4-3-5-15(25)2/h6-8,11,13,15H,3-5,9-10,12H2,1-2H3,(H2,21,27)(H,22,26). The van der Waals surface area contributed by atoms with E-state index in [4.69, 9.17) is 5.73 Å². The number of hydrogen-bond donors (Lipinski definition) is 2. The number of nitrogens with zero attached hydrogens (tertiary/aromatic N) is 3. The second-order valence-corrected chi connectivity index (χ2v) is 7.15. The number of aryl methyl sites for hydroxylation is 2. The molecule has 0 spiro atoms. The summed E-state index contributed by atoms with van der Waals surface area (Å²) in [6.07, 6.45) is 5.56. The van der Waals surface area contributed by atoms with Gasteiger partial charge < -0.3 is 16.0 Å². The second-order valence-electron chi connectivity index (χ2n) is 7.15. The highest BCUT2D eigenvalue weighted by Crippen LogP contribution is 2.29. The zero-order valence-electron chi connectivity index (χ0n) is 15.9. The van der Waals surface area contributed by atoms with Crippen LogP contribution in [0.1, 0.15) is 48.7 Å². The molecule has 1 aromatic heterocycles. The first-order valence-electron chi connectivity index (χ1n) is 9.44. The number of hydrogen-bond acceptors (Lipinski definition) is 4. The summed E-state index contributed by atoms with van der Waals surface area (Å²) >= 11 is 0. The Morgan fingerprint density at radius 1 is 1.30 bits per heavy atom. The van der Waals surface area contributed by atoms with Gasteiger partial charge in [0.05, 0.1) is 11.3 Å². The Balaban J connectivity index is 1.69. The third kappa shape index (κ3) is 4.67. The molecule has 1 atom stereocenters. The number of rotatable bonds is 6. The predicted molar refractivity (Wildman–Crippen MR) is 106 cm³/mol. The lowest BCUT2D eigenvalue weighted by Gasteiger charge is -2.36. The van der Waals surface area contributed by atoms with Gasteiger partial charge in [0, 0.05) is 43.1 Å². The summed E-state index contributed by atoms with van der Waals surface area (Å²) in [5.41, 5.74) is 8.41. The van der Waals surface area contributed by atoms with Gasteiger partial charge in [0.1, 0.15) is 0 Å². The van der Waals surface area contributed by atoms with Crippen LogP contribution < -0.4 is 16.0 Å². The van der Waals surface area contributed by atoms with Crippen LogP contribution in [-0.2, 0) is 11.3 Å². The van der Waals surface area contributed by atoms with Crippen LogP contribution in [0.4, 0.5) is 11.4 Å². The molecule has 0 radical (unpaired) electrons. The summed E-state index contributed by atoms with van der Waals surface area (Å²) in [6, 6.07) is 7.66. The molecule has 0 saturated carbocycles. The molecule has 27 heavy (non-hydrogen) atoms. The number of carbonyl (C=O) groups excluding carboxylic acids is 2. The van der Waals surface area contributed by atoms with Crippen molar-refractivity contribution in [1.82, 2.24) is 9.78 Å². The summed E-state index contributed by atoms with van der Waals surface area (Å²) in [7, 11) is 0. The first-order chi connectivity index (χ1) is 12.9. The van der Waals surface area contributed by atoms with Crippen LogP contribution in [0.15, 0.2) is 30.5 Å². The molecule has 3 N–H and O–H groups in total. The number of nitrogens with one attached hydrogen (secondary N) is 1. The maximum atomic E-state index is 12.2. The third-order valence-electron chi connectivity index (χ3n) is 5.00. The summed E-state index contributed by atoms with van der Waals surface area (Å²) in [5.74, 6) is -0.608. The number of piperidine rings is 1. The number of benzene rings is 1. The van der Waals surface area contributed by atoms with Crippen LogP contribution in [-0.4, -0.2) is 34.2 Å². The molecule has 0 bridgehead atoms. The fourth-order valence-electron chi connectivity index (χ4n) is 3.54. The molecule has 144 valence electrons. The Kier molecular flexibility index (Phi) is 5.78. The largest absolute Gasteiger partial charge is 0.368 e. The Hall–Kier alpha value is -2.83. The van der Waals surface area contributed by atoms with Gasteiger partial charge in [-0.3, -0.25) is 14.3 Å². The van der Waals surface area contributed by atoms with Crippen LogP contribution in [0, 0.1) is 6.92 Å². The minimum absolute atomic E-state index is 0.127. The Labute approximate surface area is 159 Å². The van der Waals surface area contributed by atoms with Crippen molar-refractivity contribution in [3.05, 3.63) is 41.7 Å². The van der Waals surface area contributed by atoms with Gasteiger partial charge in [0.25, 0.3) is 5.91 Å². The number of amides is 2. The van der Waals surface area contributed by atoms with Crippen molar-refractivity contribution in [2.24, 2.45) is 5.73 Å². The van der Waals surface area contributed by atoms with E-state index in [1.807, 2.05) is 31.3 Å². The first kappa shape index (κ1) is 18.9. The van der Waals surface area contributed by atoms with Gasteiger partial charge in [-0.2, -0.15) is 5.10 Å². The van der Waals surface area contributed by atoms with E-state index in [-0.39, 0.29) is 5.91 Å². The lowest BCUT2D eigenvalue weighted by molar-refractivity contribution is -0.116. The van der Waals surface area contributed by atoms with Crippen molar-refractivity contribution < 1.29 is 9.59 Å². The van der Waals surface area contributed by atoms with E-state index in [9.17, 15) is 9.59 Å². The molecule has 3 rings (SSSR count). The molecule has 7 nitrogen and oxygen atoms in total. The van der Waals surface area contributed by atoms with Gasteiger partial charge in [0.2, 0.25) is 5.91 Å². The normalized spacial score (nSPS) is 17.0. The van der Waals surface area contributed by atoms with E-state index >= 15 is 0 Å². The van der Waals surface area contributed by atoms with Crippen molar-refractivity contribution in [3.8, 4) is 0 Å². The maximum Gasteiger partial charge on any atom is 0.250 e. The van der Waals surface area contributed by atoms with Gasteiger partial charge in [-0.05, 0) is 57.4 Å². The quantitative estimate of drug-likeness (QED) is 0.819. The van der Waals surface area contributed by atoms with Crippen LogP contribution in [0.2, 0.25) is 0 Å². The van der Waals surface area contributed by atoms with E-state index in [0.29, 0.717) is 30.3 Å². The van der Waals surface area contributed by atoms with Gasteiger partial charge >= 0.3 is 0 Å². The molecule has 2 amide bonds. The van der Waals surface area contributed by atoms with E-state index in [1.54, 1.807) is 10.7 Å². The summed E-state index contributed by atoms with van der Waals surface area (Å²) in [6.45, 7) is 5.49. The Morgan fingerprint density at radius 2 is 2.11 bits per heavy atom. The van der Waals surface area contributed by atoms with Crippen molar-refractivity contribution in [3.63, 3.8) is 0 Å². The van der Waals surface area contributed by atoms with Gasteiger partial charge in [-0.15, -0.1) is 0 Å². The average molecular weight is 369 g/mol. The van der Waals surface area contributed by atoms with E-state index in [2.05, 4.69) is 22.2 Å². The molecule has 1 aliphatic rings. The number of carbonyl (C=O) groups is 2. The van der Waals surface area contributed by atoms with Crippen LogP contribution in [0.3, 0.4) is 0 Å². The van der Waals surface area contributed by atoms with Crippen LogP contribution >= 0.6 is 0 Å². The highest BCUT2D eigenvalue weighted by atomic mass is 16.2. The fraction of sp³-hybridized carbons (Fsp3) is 0.450. The molecule has 1 aliphatic heterocycles. The fourth-order valence-corrected chi connectivity index (χ4v) is 3.54. The SMILES string of the molecule is Cc1ccn(CCC(=O)Nc2ccc(N3CCCCC3C)c(C(N)=O)c2)n1. The zero-order chi connectivity index (χ0) is 19.4. The highest BCUT2D eigenvalue weighted by molar-refractivity contribution is 6.01. The molecule has 1 fully saturated rings. The molecule has 7 heteroatoms. The van der Waals surface area contributed by atoms with Gasteiger partial charge in [-0.25, -0.2) is 0 Å². The van der Waals surface area contributed by atoms with Crippen molar-refractivity contribution in [1.29, 1.82) is 0 Å². The van der Waals surface area contributed by atoms with Gasteiger partial charge in [-0.1, -0.05) is 0 Å². The Morgan fingerprint density at radius 3 is 2.78 bits per heavy atom. The summed E-state index contributed by atoms with van der Waals surface area (Å²) < 4.78 is 1.74. The van der Waals surface area contributed by atoms with Crippen molar-refractivity contribution in [2.45, 2.75) is 52.1 Å². The number of aromatic nitrogens is 2. The molecule has 1 aromatic carbocycles. The molecule has 0 aliphatic carbocycles. The lowest BCUT2D eigenvalue weighted by Crippen LogP contribution is -2.38. The van der Waals surface area contributed by atoms with E-state index < -0.39 is 5.91 Å². The molecular weight excluding hydrogens is 342 g/mol. The Bertz CT molecular complexity index is 830. The smallest absolute Gasteiger partial charge is 0.250 e. The number of anilines is 2. The topological polar surface area (TPSA) is 93.3 Å². The molecular formula is C20H27N5O2. The highest BCUT2D eigenvalue weighted by Gasteiger charge is 2.23. The molecule has 2 heterocycles. The predicted octanol–water partition coefficient (Wildman–Crippen LogP) is 2.70. The number of primary amides is 1. The monoisotopic (exact) mass is 369 g/mol. The van der Waals surface area contributed by atoms with Crippen molar-refractivity contribution in [2.75, 3.05) is 16.8 Å². The molecule has 1 saturated heterocycles. The third-order valence-corrected chi connectivity index (χ3v) is 5.00. The van der Waals surface area contributed by atoms with E-state index in [0.717, 1.165) is 30.8 Å². The lowest BCUT2D eigenvalue weighted by atomic mass is 10.0. The van der Waals surface area contributed by atoms with Gasteiger partial charge in [0.15, 0.2) is 0 Å². The van der Waals surface area contributed by atoms with Crippen molar-refractivity contribution >= 4 is 23.2 Å². The van der Waals surface area contributed by atoms with Crippen LogP contribution in [0.5, 0.6) is 0 Å².